The molecule has 2 bridgehead atoms. The number of carbonyl (C=O) groups excluding carboxylic acids is 1. The van der Waals surface area contributed by atoms with E-state index in [1.54, 1.807) is 13.2 Å². The summed E-state index contributed by atoms with van der Waals surface area (Å²) in [5.41, 5.74) is 6.19. The summed E-state index contributed by atoms with van der Waals surface area (Å²) in [6.07, 6.45) is 3.51. The van der Waals surface area contributed by atoms with Crippen molar-refractivity contribution in [2.45, 2.75) is 24.9 Å². The maximum absolute atomic E-state index is 11.4. The van der Waals surface area contributed by atoms with E-state index in [0.717, 1.165) is 31.6 Å². The van der Waals surface area contributed by atoms with Crippen LogP contribution >= 0.6 is 0 Å². The molecule has 1 amide bonds. The smallest absolute Gasteiger partial charge is 0.267 e. The first-order chi connectivity index (χ1) is 10.1. The number of amides is 1. The van der Waals surface area contributed by atoms with E-state index in [9.17, 15) is 4.79 Å². The third-order valence-electron chi connectivity index (χ3n) is 5.12. The number of hydrogen-bond donors (Lipinski definition) is 1. The van der Waals surface area contributed by atoms with Crippen molar-refractivity contribution in [3.8, 4) is 0 Å². The summed E-state index contributed by atoms with van der Waals surface area (Å²) in [5.74, 6) is 0.340. The van der Waals surface area contributed by atoms with Crippen LogP contribution in [-0.2, 0) is 10.3 Å². The predicted molar refractivity (Wildman–Crippen MR) is 79.8 cm³/mol. The molecule has 1 aromatic rings. The number of pyridine rings is 1. The molecule has 5 heteroatoms. The third-order valence-corrected chi connectivity index (χ3v) is 5.12. The highest BCUT2D eigenvalue weighted by atomic mass is 16.5. The van der Waals surface area contributed by atoms with Gasteiger partial charge in [0.2, 0.25) is 0 Å². The Morgan fingerprint density at radius 1 is 1.38 bits per heavy atom. The number of nitrogens with two attached hydrogens (primary N) is 1. The lowest BCUT2D eigenvalue weighted by molar-refractivity contribution is -0.168. The molecule has 0 unspecified atom stereocenters. The van der Waals surface area contributed by atoms with E-state index in [-0.39, 0.29) is 5.60 Å². The fourth-order valence-corrected chi connectivity index (χ4v) is 4.30. The predicted octanol–water partition coefficient (Wildman–Crippen LogP) is 1.38. The van der Waals surface area contributed by atoms with E-state index in [0.29, 0.717) is 17.5 Å². The minimum Gasteiger partial charge on any atom is -0.371 e. The number of fused-ring (bicyclic) bond motifs is 2. The Balaban J connectivity index is 2.07. The van der Waals surface area contributed by atoms with E-state index >= 15 is 0 Å². The molecule has 3 rings (SSSR count). The molecule has 2 aliphatic rings. The number of piperidine rings is 1. The molecule has 3 atom stereocenters. The minimum absolute atomic E-state index is 0.320. The molecule has 0 radical (unpaired) electrons. The average molecular weight is 289 g/mol. The number of nitrogens with zero attached hydrogens (tertiary/aromatic N) is 2. The van der Waals surface area contributed by atoms with Gasteiger partial charge in [-0.15, -0.1) is 0 Å². The summed E-state index contributed by atoms with van der Waals surface area (Å²) in [7, 11) is 3.94. The standard InChI is InChI=1S/C16H23N3O2/c1-19-9-11-5-3-6-12(10-19)16(11,21-2)14-8-4-7-13(18-14)15(17)20/h4,7-8,11-12H,3,5-6,9-10H2,1-2H3,(H2,17,20)/t11-,12+,16-. The highest BCUT2D eigenvalue weighted by Gasteiger charge is 2.53. The molecule has 0 aromatic carbocycles. The highest BCUT2D eigenvalue weighted by Crippen LogP contribution is 2.50. The van der Waals surface area contributed by atoms with E-state index in [1.807, 2.05) is 12.1 Å². The van der Waals surface area contributed by atoms with Crippen LogP contribution in [0.1, 0.15) is 35.4 Å². The molecule has 1 saturated carbocycles. The average Bonchev–Trinajstić information content (AvgIpc) is 2.46. The van der Waals surface area contributed by atoms with Crippen molar-refractivity contribution in [3.05, 3.63) is 29.6 Å². The van der Waals surface area contributed by atoms with E-state index in [2.05, 4.69) is 16.9 Å². The SMILES string of the molecule is CO[C@]1(c2cccc(C(N)=O)n2)[C@@H]2CCC[C@H]1CN(C)C2. The molecule has 0 spiro atoms. The van der Waals surface area contributed by atoms with Crippen LogP contribution < -0.4 is 5.73 Å². The summed E-state index contributed by atoms with van der Waals surface area (Å²) in [6, 6.07) is 5.50. The molecule has 1 saturated heterocycles. The van der Waals surface area contributed by atoms with Gasteiger partial charge in [0.25, 0.3) is 5.91 Å². The van der Waals surface area contributed by atoms with Gasteiger partial charge in [0.15, 0.2) is 0 Å². The second kappa shape index (κ2) is 5.39. The van der Waals surface area contributed by atoms with Crippen molar-refractivity contribution in [2.24, 2.45) is 17.6 Å². The number of primary amides is 1. The topological polar surface area (TPSA) is 68.5 Å². The van der Waals surface area contributed by atoms with E-state index in [4.69, 9.17) is 10.5 Å². The molecule has 114 valence electrons. The molecule has 1 aliphatic carbocycles. The van der Waals surface area contributed by atoms with Gasteiger partial charge >= 0.3 is 0 Å². The molecule has 2 N–H and O–H groups in total. The normalized spacial score (nSPS) is 32.9. The number of aromatic nitrogens is 1. The molecular formula is C16H23N3O2. The minimum atomic E-state index is -0.485. The van der Waals surface area contributed by atoms with Gasteiger partial charge in [-0.2, -0.15) is 0 Å². The Labute approximate surface area is 125 Å². The van der Waals surface area contributed by atoms with Crippen LogP contribution in [0.3, 0.4) is 0 Å². The lowest BCUT2D eigenvalue weighted by atomic mass is 9.63. The molecule has 1 aliphatic heterocycles. The fraction of sp³-hybridized carbons (Fsp3) is 0.625. The van der Waals surface area contributed by atoms with Crippen LogP contribution in [-0.4, -0.2) is 43.0 Å². The second-order valence-electron chi connectivity index (χ2n) is 6.32. The van der Waals surface area contributed by atoms with Crippen molar-refractivity contribution in [2.75, 3.05) is 27.2 Å². The van der Waals surface area contributed by atoms with E-state index < -0.39 is 5.91 Å². The van der Waals surface area contributed by atoms with Crippen molar-refractivity contribution < 1.29 is 9.53 Å². The van der Waals surface area contributed by atoms with Crippen LogP contribution in [0.15, 0.2) is 18.2 Å². The molecule has 1 aromatic heterocycles. The number of ether oxygens (including phenoxy) is 1. The number of rotatable bonds is 3. The largest absolute Gasteiger partial charge is 0.371 e. The molecule has 5 nitrogen and oxygen atoms in total. The van der Waals surface area contributed by atoms with Gasteiger partial charge in [0, 0.05) is 32.0 Å². The highest BCUT2D eigenvalue weighted by molar-refractivity contribution is 5.90. The molecular weight excluding hydrogens is 266 g/mol. The van der Waals surface area contributed by atoms with Crippen molar-refractivity contribution in [1.29, 1.82) is 0 Å². The molecule has 21 heavy (non-hydrogen) atoms. The Hall–Kier alpha value is -1.46. The lowest BCUT2D eigenvalue weighted by Crippen LogP contribution is -2.58. The van der Waals surface area contributed by atoms with Crippen molar-refractivity contribution in [3.63, 3.8) is 0 Å². The van der Waals surface area contributed by atoms with Crippen molar-refractivity contribution >= 4 is 5.91 Å². The van der Waals surface area contributed by atoms with Gasteiger partial charge < -0.3 is 15.4 Å². The summed E-state index contributed by atoms with van der Waals surface area (Å²) >= 11 is 0. The maximum atomic E-state index is 11.4. The van der Waals surface area contributed by atoms with Crippen LogP contribution in [0.25, 0.3) is 0 Å². The Morgan fingerprint density at radius 3 is 2.62 bits per heavy atom. The Morgan fingerprint density at radius 2 is 2.05 bits per heavy atom. The van der Waals surface area contributed by atoms with Crippen LogP contribution in [0.2, 0.25) is 0 Å². The van der Waals surface area contributed by atoms with Gasteiger partial charge in [-0.1, -0.05) is 12.5 Å². The monoisotopic (exact) mass is 289 g/mol. The summed E-state index contributed by atoms with van der Waals surface area (Å²) in [4.78, 5) is 18.3. The van der Waals surface area contributed by atoms with Crippen LogP contribution in [0, 0.1) is 11.8 Å². The van der Waals surface area contributed by atoms with Gasteiger partial charge in [0.1, 0.15) is 11.3 Å². The first-order valence-electron chi connectivity index (χ1n) is 7.59. The van der Waals surface area contributed by atoms with E-state index in [1.165, 1.54) is 6.42 Å². The third kappa shape index (κ3) is 2.24. The summed E-state index contributed by atoms with van der Waals surface area (Å²) in [6.45, 7) is 2.01. The van der Waals surface area contributed by atoms with Gasteiger partial charge in [0.05, 0.1) is 5.69 Å². The summed E-state index contributed by atoms with van der Waals surface area (Å²) < 4.78 is 6.07. The van der Waals surface area contributed by atoms with Crippen LogP contribution in [0.4, 0.5) is 0 Å². The maximum Gasteiger partial charge on any atom is 0.267 e. The first kappa shape index (κ1) is 14.5. The Kier molecular flexibility index (Phi) is 3.71. The lowest BCUT2D eigenvalue weighted by Gasteiger charge is -2.54. The van der Waals surface area contributed by atoms with Gasteiger partial charge in [-0.05, 0) is 32.0 Å². The van der Waals surface area contributed by atoms with Crippen LogP contribution in [0.5, 0.6) is 0 Å². The number of methoxy groups -OCH3 is 1. The first-order valence-corrected chi connectivity index (χ1v) is 7.59. The summed E-state index contributed by atoms with van der Waals surface area (Å²) in [5, 5.41) is 0. The number of hydrogen-bond acceptors (Lipinski definition) is 4. The van der Waals surface area contributed by atoms with Gasteiger partial charge in [-0.25, -0.2) is 4.98 Å². The Bertz CT molecular complexity index is 532. The fourth-order valence-electron chi connectivity index (χ4n) is 4.30. The number of carbonyl (C=O) groups is 1. The molecule has 2 heterocycles. The number of likely N-dealkylation sites (tertiary alicyclic amines) is 1. The van der Waals surface area contributed by atoms with Gasteiger partial charge in [-0.3, -0.25) is 4.79 Å². The molecule has 2 fully saturated rings. The zero-order chi connectivity index (χ0) is 15.0. The zero-order valence-electron chi connectivity index (χ0n) is 12.7. The second-order valence-corrected chi connectivity index (χ2v) is 6.32. The zero-order valence-corrected chi connectivity index (χ0v) is 12.7. The van der Waals surface area contributed by atoms with Crippen molar-refractivity contribution in [1.82, 2.24) is 9.88 Å². The quantitative estimate of drug-likeness (QED) is 0.913.